The lowest BCUT2D eigenvalue weighted by atomic mass is 10.3. The number of urea groups is 1. The Labute approximate surface area is 148 Å². The zero-order chi connectivity index (χ0) is 16.7. The highest BCUT2D eigenvalue weighted by Crippen LogP contribution is 2.27. The molecular weight excluding hydrogens is 382 g/mol. The van der Waals surface area contributed by atoms with E-state index in [0.29, 0.717) is 41.7 Å². The molecule has 0 aliphatic carbocycles. The summed E-state index contributed by atoms with van der Waals surface area (Å²) in [7, 11) is 0. The zero-order valence-corrected chi connectivity index (χ0v) is 14.7. The molecule has 4 N–H and O–H groups in total. The Morgan fingerprint density at radius 3 is 2.65 bits per heavy atom. The summed E-state index contributed by atoms with van der Waals surface area (Å²) in [6, 6.07) is 12.1. The van der Waals surface area contributed by atoms with Crippen molar-refractivity contribution in [2.24, 2.45) is 0 Å². The molecule has 0 bridgehead atoms. The first-order valence-corrected chi connectivity index (χ1v) is 8.20. The number of amides is 2. The van der Waals surface area contributed by atoms with Gasteiger partial charge in [0, 0.05) is 22.4 Å². The summed E-state index contributed by atoms with van der Waals surface area (Å²) >= 11 is 9.39. The van der Waals surface area contributed by atoms with Gasteiger partial charge in [-0.2, -0.15) is 0 Å². The van der Waals surface area contributed by atoms with Gasteiger partial charge < -0.3 is 21.1 Å². The quantitative estimate of drug-likeness (QED) is 0.502. The van der Waals surface area contributed by atoms with E-state index >= 15 is 0 Å². The van der Waals surface area contributed by atoms with Crippen LogP contribution < -0.4 is 21.1 Å². The van der Waals surface area contributed by atoms with Gasteiger partial charge in [-0.25, -0.2) is 4.79 Å². The van der Waals surface area contributed by atoms with E-state index in [0.717, 1.165) is 4.47 Å². The standard InChI is InChI=1S/C16H17BrClN3O2/c17-11-2-7-15(14(18)10-11)23-9-1-8-20-16(22)21-13-5-3-12(19)4-6-13/h2-7,10H,1,8-9,19H2,(H2,20,21,22). The van der Waals surface area contributed by atoms with Crippen LogP contribution in [0.5, 0.6) is 5.75 Å². The smallest absolute Gasteiger partial charge is 0.319 e. The van der Waals surface area contributed by atoms with Crippen molar-refractivity contribution < 1.29 is 9.53 Å². The Morgan fingerprint density at radius 2 is 1.96 bits per heavy atom. The van der Waals surface area contributed by atoms with E-state index in [-0.39, 0.29) is 6.03 Å². The summed E-state index contributed by atoms with van der Waals surface area (Å²) < 4.78 is 6.47. The molecule has 0 fully saturated rings. The van der Waals surface area contributed by atoms with Gasteiger partial charge in [0.1, 0.15) is 5.75 Å². The molecule has 0 aliphatic rings. The maximum absolute atomic E-state index is 11.7. The number of ether oxygens (including phenoxy) is 1. The molecular formula is C16H17BrClN3O2. The van der Waals surface area contributed by atoms with E-state index in [1.807, 2.05) is 6.07 Å². The molecule has 0 unspecified atom stereocenters. The second-order valence-electron chi connectivity index (χ2n) is 4.78. The molecule has 0 aliphatic heterocycles. The highest BCUT2D eigenvalue weighted by molar-refractivity contribution is 9.10. The fraction of sp³-hybridized carbons (Fsp3) is 0.188. The number of benzene rings is 2. The van der Waals surface area contributed by atoms with Gasteiger partial charge >= 0.3 is 6.03 Å². The van der Waals surface area contributed by atoms with Gasteiger partial charge in [-0.05, 0) is 48.9 Å². The van der Waals surface area contributed by atoms with Gasteiger partial charge in [-0.15, -0.1) is 0 Å². The minimum atomic E-state index is -0.267. The number of hydrogen-bond acceptors (Lipinski definition) is 3. The molecule has 2 aromatic rings. The molecule has 122 valence electrons. The first kappa shape index (κ1) is 17.4. The Balaban J connectivity index is 1.65. The first-order chi connectivity index (χ1) is 11.0. The number of carbonyl (C=O) groups is 1. The molecule has 0 spiro atoms. The van der Waals surface area contributed by atoms with Crippen LogP contribution in [0.4, 0.5) is 16.2 Å². The van der Waals surface area contributed by atoms with E-state index in [1.165, 1.54) is 0 Å². The van der Waals surface area contributed by atoms with Crippen LogP contribution in [0.2, 0.25) is 5.02 Å². The average Bonchev–Trinajstić information content (AvgIpc) is 2.51. The Hall–Kier alpha value is -1.92. The lowest BCUT2D eigenvalue weighted by Crippen LogP contribution is -2.30. The number of nitrogen functional groups attached to an aromatic ring is 1. The number of carbonyl (C=O) groups excluding carboxylic acids is 1. The van der Waals surface area contributed by atoms with Crippen molar-refractivity contribution in [2.45, 2.75) is 6.42 Å². The van der Waals surface area contributed by atoms with Crippen LogP contribution in [0.25, 0.3) is 0 Å². The largest absolute Gasteiger partial charge is 0.492 e. The molecule has 2 rings (SSSR count). The summed E-state index contributed by atoms with van der Waals surface area (Å²) in [6.45, 7) is 0.957. The molecule has 2 amide bonds. The monoisotopic (exact) mass is 397 g/mol. The molecule has 23 heavy (non-hydrogen) atoms. The van der Waals surface area contributed by atoms with Crippen LogP contribution in [0.1, 0.15) is 6.42 Å². The SMILES string of the molecule is Nc1ccc(NC(=O)NCCCOc2ccc(Br)cc2Cl)cc1. The van der Waals surface area contributed by atoms with Gasteiger partial charge in [0.15, 0.2) is 0 Å². The number of nitrogens with two attached hydrogens (primary N) is 1. The summed E-state index contributed by atoms with van der Waals surface area (Å²) in [5.74, 6) is 0.626. The highest BCUT2D eigenvalue weighted by Gasteiger charge is 2.03. The Morgan fingerprint density at radius 1 is 1.22 bits per heavy atom. The maximum atomic E-state index is 11.7. The number of hydrogen-bond donors (Lipinski definition) is 3. The van der Waals surface area contributed by atoms with E-state index in [2.05, 4.69) is 26.6 Å². The lowest BCUT2D eigenvalue weighted by molar-refractivity contribution is 0.250. The van der Waals surface area contributed by atoms with Crippen molar-refractivity contribution in [3.8, 4) is 5.75 Å². The predicted octanol–water partition coefficient (Wildman–Crippen LogP) is 4.28. The third-order valence-corrected chi connectivity index (χ3v) is 3.72. The van der Waals surface area contributed by atoms with Gasteiger partial charge in [0.25, 0.3) is 0 Å². The van der Waals surface area contributed by atoms with Crippen LogP contribution in [-0.2, 0) is 0 Å². The van der Waals surface area contributed by atoms with Gasteiger partial charge in [-0.3, -0.25) is 0 Å². The van der Waals surface area contributed by atoms with Crippen molar-refractivity contribution in [3.05, 3.63) is 52.0 Å². The minimum Gasteiger partial charge on any atom is -0.492 e. The van der Waals surface area contributed by atoms with Crippen LogP contribution in [0, 0.1) is 0 Å². The van der Waals surface area contributed by atoms with Gasteiger partial charge in [0.05, 0.1) is 11.6 Å². The molecule has 2 aromatic carbocycles. The van der Waals surface area contributed by atoms with E-state index in [4.69, 9.17) is 22.1 Å². The third kappa shape index (κ3) is 6.00. The number of halogens is 2. The number of rotatable bonds is 6. The summed E-state index contributed by atoms with van der Waals surface area (Å²) in [5.41, 5.74) is 6.93. The first-order valence-electron chi connectivity index (χ1n) is 7.03. The Kier molecular flexibility index (Phi) is 6.55. The van der Waals surface area contributed by atoms with Crippen molar-refractivity contribution in [2.75, 3.05) is 24.2 Å². The minimum absolute atomic E-state index is 0.267. The predicted molar refractivity (Wildman–Crippen MR) is 97.1 cm³/mol. The van der Waals surface area contributed by atoms with Crippen molar-refractivity contribution >= 4 is 44.9 Å². The van der Waals surface area contributed by atoms with Crippen LogP contribution in [0.15, 0.2) is 46.9 Å². The fourth-order valence-electron chi connectivity index (χ4n) is 1.79. The fourth-order valence-corrected chi connectivity index (χ4v) is 2.52. The second kappa shape index (κ2) is 8.64. The van der Waals surface area contributed by atoms with Gasteiger partial charge in [-0.1, -0.05) is 27.5 Å². The van der Waals surface area contributed by atoms with E-state index < -0.39 is 0 Å². The molecule has 0 atom stereocenters. The topological polar surface area (TPSA) is 76.4 Å². The maximum Gasteiger partial charge on any atom is 0.319 e. The molecule has 0 saturated heterocycles. The molecule has 7 heteroatoms. The van der Waals surface area contributed by atoms with Crippen LogP contribution in [0.3, 0.4) is 0 Å². The average molecular weight is 399 g/mol. The number of anilines is 2. The lowest BCUT2D eigenvalue weighted by Gasteiger charge is -2.10. The Bertz CT molecular complexity index is 665. The normalized spacial score (nSPS) is 10.2. The van der Waals surface area contributed by atoms with Crippen molar-refractivity contribution in [1.82, 2.24) is 5.32 Å². The van der Waals surface area contributed by atoms with Crippen molar-refractivity contribution in [3.63, 3.8) is 0 Å². The highest BCUT2D eigenvalue weighted by atomic mass is 79.9. The molecule has 0 heterocycles. The molecule has 0 aromatic heterocycles. The van der Waals surface area contributed by atoms with Crippen LogP contribution >= 0.6 is 27.5 Å². The molecule has 0 radical (unpaired) electrons. The zero-order valence-electron chi connectivity index (χ0n) is 12.3. The summed E-state index contributed by atoms with van der Waals surface area (Å²) in [6.07, 6.45) is 0.668. The van der Waals surface area contributed by atoms with Gasteiger partial charge in [0.2, 0.25) is 0 Å². The molecule has 0 saturated carbocycles. The molecule has 5 nitrogen and oxygen atoms in total. The third-order valence-electron chi connectivity index (χ3n) is 2.93. The second-order valence-corrected chi connectivity index (χ2v) is 6.10. The van der Waals surface area contributed by atoms with Crippen molar-refractivity contribution in [1.29, 1.82) is 0 Å². The van der Waals surface area contributed by atoms with Crippen LogP contribution in [-0.4, -0.2) is 19.2 Å². The number of nitrogens with one attached hydrogen (secondary N) is 2. The van der Waals surface area contributed by atoms with E-state index in [1.54, 1.807) is 36.4 Å². The summed E-state index contributed by atoms with van der Waals surface area (Å²) in [4.78, 5) is 11.7. The van der Waals surface area contributed by atoms with E-state index in [9.17, 15) is 4.79 Å². The summed E-state index contributed by atoms with van der Waals surface area (Å²) in [5, 5.41) is 6.02.